The van der Waals surface area contributed by atoms with Gasteiger partial charge in [-0.25, -0.2) is 4.68 Å². The quantitative estimate of drug-likeness (QED) is 0.831. The van der Waals surface area contributed by atoms with Gasteiger partial charge in [-0.3, -0.25) is 0 Å². The lowest BCUT2D eigenvalue weighted by Crippen LogP contribution is -2.39. The van der Waals surface area contributed by atoms with Crippen molar-refractivity contribution < 1.29 is 23.0 Å². The van der Waals surface area contributed by atoms with Gasteiger partial charge in [0.1, 0.15) is 6.23 Å². The summed E-state index contributed by atoms with van der Waals surface area (Å²) in [5, 5.41) is 14.8. The van der Waals surface area contributed by atoms with Gasteiger partial charge in [0.25, 0.3) is 0 Å². The fourth-order valence-corrected chi connectivity index (χ4v) is 2.76. The third kappa shape index (κ3) is 2.76. The predicted molar refractivity (Wildman–Crippen MR) is 78.6 cm³/mol. The first kappa shape index (κ1) is 16.1. The van der Waals surface area contributed by atoms with Gasteiger partial charge in [0.2, 0.25) is 0 Å². The van der Waals surface area contributed by atoms with Gasteiger partial charge in [0, 0.05) is 29.4 Å². The van der Waals surface area contributed by atoms with Gasteiger partial charge < -0.3 is 15.6 Å². The van der Waals surface area contributed by atoms with Crippen LogP contribution in [0.2, 0.25) is 0 Å². The third-order valence-corrected chi connectivity index (χ3v) is 4.22. The van der Waals surface area contributed by atoms with Gasteiger partial charge >= 0.3 is 6.18 Å². The minimum atomic E-state index is -4.83. The second kappa shape index (κ2) is 5.38. The zero-order valence-corrected chi connectivity index (χ0v) is 12.6. The monoisotopic (exact) mass is 329 g/mol. The van der Waals surface area contributed by atoms with Crippen molar-refractivity contribution in [1.82, 2.24) is 9.78 Å². The van der Waals surface area contributed by atoms with Crippen molar-refractivity contribution in [2.75, 3.05) is 12.3 Å². The van der Waals surface area contributed by atoms with Crippen LogP contribution in [0.15, 0.2) is 18.3 Å². The van der Waals surface area contributed by atoms with Crippen LogP contribution in [0.4, 0.5) is 18.9 Å². The number of anilines is 1. The number of alkyl halides is 3. The molecular weight excluding hydrogens is 311 g/mol. The van der Waals surface area contributed by atoms with Crippen LogP contribution in [0.1, 0.15) is 38.0 Å². The summed E-state index contributed by atoms with van der Waals surface area (Å²) in [5.41, 5.74) is 2.52. The molecule has 5 nitrogen and oxygen atoms in total. The average molecular weight is 329 g/mol. The maximum Gasteiger partial charge on any atom is 0.421 e. The molecule has 2 unspecified atom stereocenters. The predicted octanol–water partition coefficient (Wildman–Crippen LogP) is 3.09. The van der Waals surface area contributed by atoms with Crippen LogP contribution in [0.25, 0.3) is 10.9 Å². The average Bonchev–Trinajstić information content (AvgIpc) is 2.89. The Morgan fingerprint density at radius 2 is 2.09 bits per heavy atom. The van der Waals surface area contributed by atoms with Crippen LogP contribution in [-0.2, 0) is 10.3 Å². The summed E-state index contributed by atoms with van der Waals surface area (Å²) in [5.74, 6) is 0. The van der Waals surface area contributed by atoms with Crippen molar-refractivity contribution in [2.24, 2.45) is 0 Å². The molecule has 3 N–H and O–H groups in total. The summed E-state index contributed by atoms with van der Waals surface area (Å²) in [7, 11) is 0. The zero-order chi connectivity index (χ0) is 16.8. The highest BCUT2D eigenvalue weighted by molar-refractivity contribution is 5.83. The van der Waals surface area contributed by atoms with E-state index in [2.05, 4.69) is 5.10 Å². The van der Waals surface area contributed by atoms with Crippen LogP contribution in [0.5, 0.6) is 0 Å². The second-order valence-corrected chi connectivity index (χ2v) is 6.00. The first-order valence-electron chi connectivity index (χ1n) is 7.40. The van der Waals surface area contributed by atoms with E-state index < -0.39 is 17.3 Å². The summed E-state index contributed by atoms with van der Waals surface area (Å²) in [4.78, 5) is 0. The number of rotatable bonds is 2. The Morgan fingerprint density at radius 1 is 1.35 bits per heavy atom. The number of ether oxygens (including phenoxy) is 1. The van der Waals surface area contributed by atoms with Crippen molar-refractivity contribution >= 4 is 16.6 Å². The van der Waals surface area contributed by atoms with E-state index >= 15 is 0 Å². The van der Waals surface area contributed by atoms with Gasteiger partial charge in [-0.15, -0.1) is 0 Å². The second-order valence-electron chi connectivity index (χ2n) is 6.00. The fraction of sp³-hybridized carbons (Fsp3) is 0.533. The van der Waals surface area contributed by atoms with Crippen LogP contribution in [0, 0.1) is 0 Å². The minimum absolute atomic E-state index is 0.121. The molecule has 0 bridgehead atoms. The van der Waals surface area contributed by atoms with Crippen LogP contribution in [0.3, 0.4) is 0 Å². The van der Waals surface area contributed by atoms with Crippen molar-refractivity contribution in [3.05, 3.63) is 23.9 Å². The lowest BCUT2D eigenvalue weighted by atomic mass is 9.93. The van der Waals surface area contributed by atoms with Gasteiger partial charge in [-0.1, -0.05) is 0 Å². The standard InChI is InChI=1S/C15H18F3N3O2/c1-14(22,15(16,17)18)10-7-12-9(6-11(10)19)8-21(20-12)13-4-2-3-5-23-13/h6-8,13,22H,2-5,19H2,1H3. The van der Waals surface area contributed by atoms with Crippen molar-refractivity contribution in [2.45, 2.75) is 44.2 Å². The molecule has 1 aromatic carbocycles. The molecule has 1 aliphatic heterocycles. The number of nitrogen functional groups attached to an aromatic ring is 1. The van der Waals surface area contributed by atoms with Crippen molar-refractivity contribution in [1.29, 1.82) is 0 Å². The summed E-state index contributed by atoms with van der Waals surface area (Å²) in [6.07, 6.45) is -0.544. The molecule has 1 aromatic heterocycles. The molecule has 1 saturated heterocycles. The Kier molecular flexibility index (Phi) is 3.76. The summed E-state index contributed by atoms with van der Waals surface area (Å²) >= 11 is 0. The SMILES string of the molecule is CC(O)(c1cc2nn(C3CCCCO3)cc2cc1N)C(F)(F)F. The molecule has 0 spiro atoms. The molecule has 2 aromatic rings. The van der Waals surface area contributed by atoms with E-state index in [4.69, 9.17) is 10.5 Å². The maximum absolute atomic E-state index is 13.0. The Labute approximate surface area is 130 Å². The van der Waals surface area contributed by atoms with Gasteiger partial charge in [-0.2, -0.15) is 18.3 Å². The Balaban J connectivity index is 2.04. The first-order chi connectivity index (χ1) is 10.7. The van der Waals surface area contributed by atoms with E-state index in [1.165, 1.54) is 12.1 Å². The molecule has 0 amide bonds. The topological polar surface area (TPSA) is 73.3 Å². The highest BCUT2D eigenvalue weighted by Crippen LogP contribution is 2.42. The largest absolute Gasteiger partial charge is 0.421 e. The number of hydrogen-bond acceptors (Lipinski definition) is 4. The highest BCUT2D eigenvalue weighted by Gasteiger charge is 2.52. The summed E-state index contributed by atoms with van der Waals surface area (Å²) < 4.78 is 46.4. The molecule has 1 aliphatic rings. The van der Waals surface area contributed by atoms with E-state index in [9.17, 15) is 18.3 Å². The molecule has 0 aliphatic carbocycles. The van der Waals surface area contributed by atoms with E-state index in [-0.39, 0.29) is 11.9 Å². The summed E-state index contributed by atoms with van der Waals surface area (Å²) in [6, 6.07) is 2.59. The first-order valence-corrected chi connectivity index (χ1v) is 7.40. The van der Waals surface area contributed by atoms with E-state index in [1.54, 1.807) is 10.9 Å². The number of hydrogen-bond donors (Lipinski definition) is 2. The number of aromatic nitrogens is 2. The van der Waals surface area contributed by atoms with Gasteiger partial charge in [0.05, 0.1) is 5.52 Å². The van der Waals surface area contributed by atoms with E-state index in [0.717, 1.165) is 19.3 Å². The van der Waals surface area contributed by atoms with E-state index in [1.807, 2.05) is 0 Å². The highest BCUT2D eigenvalue weighted by atomic mass is 19.4. The van der Waals surface area contributed by atoms with Gasteiger partial charge in [0.15, 0.2) is 5.60 Å². The number of benzene rings is 1. The molecule has 2 heterocycles. The number of fused-ring (bicyclic) bond motifs is 1. The maximum atomic E-state index is 13.0. The zero-order valence-electron chi connectivity index (χ0n) is 12.6. The number of halogens is 3. The lowest BCUT2D eigenvalue weighted by molar-refractivity contribution is -0.258. The molecule has 23 heavy (non-hydrogen) atoms. The molecule has 8 heteroatoms. The summed E-state index contributed by atoms with van der Waals surface area (Å²) in [6.45, 7) is 1.32. The van der Waals surface area contributed by atoms with E-state index in [0.29, 0.717) is 24.4 Å². The molecule has 0 saturated carbocycles. The number of nitrogens with zero attached hydrogens (tertiary/aromatic N) is 2. The Hall–Kier alpha value is -1.80. The molecule has 0 radical (unpaired) electrons. The smallest absolute Gasteiger partial charge is 0.398 e. The molecule has 2 atom stereocenters. The normalized spacial score (nSPS) is 22.2. The molecule has 1 fully saturated rings. The fourth-order valence-electron chi connectivity index (χ4n) is 2.76. The van der Waals surface area contributed by atoms with Gasteiger partial charge in [-0.05, 0) is 38.3 Å². The van der Waals surface area contributed by atoms with Crippen molar-refractivity contribution in [3.63, 3.8) is 0 Å². The third-order valence-electron chi connectivity index (χ3n) is 4.22. The lowest BCUT2D eigenvalue weighted by Gasteiger charge is -2.27. The van der Waals surface area contributed by atoms with Crippen LogP contribution >= 0.6 is 0 Å². The van der Waals surface area contributed by atoms with Crippen molar-refractivity contribution in [3.8, 4) is 0 Å². The Morgan fingerprint density at radius 3 is 2.70 bits per heavy atom. The molecular formula is C15H18F3N3O2. The minimum Gasteiger partial charge on any atom is -0.398 e. The number of aliphatic hydroxyl groups is 1. The molecule has 3 rings (SSSR count). The van der Waals surface area contributed by atoms with Crippen LogP contribution < -0.4 is 5.73 Å². The van der Waals surface area contributed by atoms with Crippen LogP contribution in [-0.4, -0.2) is 27.7 Å². The Bertz CT molecular complexity index is 719. The number of nitrogens with two attached hydrogens (primary N) is 1. The molecule has 126 valence electrons.